The fourth-order valence-corrected chi connectivity index (χ4v) is 2.95. The molecule has 2 N–H and O–H groups in total. The van der Waals surface area contributed by atoms with Crippen LogP contribution in [0.25, 0.3) is 0 Å². The average molecular weight is 274 g/mol. The molecule has 0 bridgehead atoms. The first-order valence-electron chi connectivity index (χ1n) is 7.69. The van der Waals surface area contributed by atoms with Gasteiger partial charge in [-0.15, -0.1) is 0 Å². The molecule has 0 radical (unpaired) electrons. The summed E-state index contributed by atoms with van der Waals surface area (Å²) in [5.41, 5.74) is 3.17. The third-order valence-corrected chi connectivity index (χ3v) is 4.17. The number of rotatable bonds is 3. The van der Waals surface area contributed by atoms with E-state index in [1.54, 1.807) is 0 Å². The maximum absolute atomic E-state index is 11.1. The van der Waals surface area contributed by atoms with Gasteiger partial charge in [0.25, 0.3) is 0 Å². The molecule has 1 aliphatic carbocycles. The quantitative estimate of drug-likeness (QED) is 0.805. The van der Waals surface area contributed by atoms with Crippen LogP contribution in [0, 0.1) is 12.8 Å². The molecule has 3 nitrogen and oxygen atoms in total. The summed E-state index contributed by atoms with van der Waals surface area (Å²) in [7, 11) is 0. The van der Waals surface area contributed by atoms with Crippen molar-refractivity contribution in [3.63, 3.8) is 0 Å². The molecule has 1 aliphatic rings. The Hall–Kier alpha value is -1.51. The molecule has 1 aromatic rings. The van der Waals surface area contributed by atoms with Gasteiger partial charge in [-0.1, -0.05) is 19.8 Å². The monoisotopic (exact) mass is 274 g/mol. The van der Waals surface area contributed by atoms with E-state index < -0.39 is 0 Å². The third-order valence-electron chi connectivity index (χ3n) is 4.17. The SMILES string of the molecule is CC(=O)Nc1ccc(NC2CCCC(C)CC2)cc1C. The Morgan fingerprint density at radius 2 is 2.00 bits per heavy atom. The van der Waals surface area contributed by atoms with Crippen LogP contribution < -0.4 is 10.6 Å². The lowest BCUT2D eigenvalue weighted by Crippen LogP contribution is -2.18. The molecule has 1 aromatic carbocycles. The molecular formula is C17H26N2O. The van der Waals surface area contributed by atoms with Gasteiger partial charge in [0.05, 0.1) is 0 Å². The molecule has 1 fully saturated rings. The summed E-state index contributed by atoms with van der Waals surface area (Å²) in [6, 6.07) is 6.76. The van der Waals surface area contributed by atoms with Gasteiger partial charge in [0.15, 0.2) is 0 Å². The number of amides is 1. The van der Waals surface area contributed by atoms with E-state index in [4.69, 9.17) is 0 Å². The molecule has 2 atom stereocenters. The lowest BCUT2D eigenvalue weighted by atomic mass is 10.0. The zero-order valence-electron chi connectivity index (χ0n) is 12.8. The maximum Gasteiger partial charge on any atom is 0.221 e. The topological polar surface area (TPSA) is 41.1 Å². The van der Waals surface area contributed by atoms with E-state index in [1.165, 1.54) is 39.0 Å². The van der Waals surface area contributed by atoms with Crippen molar-refractivity contribution in [2.75, 3.05) is 10.6 Å². The van der Waals surface area contributed by atoms with Crippen molar-refractivity contribution in [3.05, 3.63) is 23.8 Å². The number of carbonyl (C=O) groups is 1. The number of hydrogen-bond acceptors (Lipinski definition) is 2. The van der Waals surface area contributed by atoms with Gasteiger partial charge in [0.2, 0.25) is 5.91 Å². The van der Waals surface area contributed by atoms with Gasteiger partial charge in [-0.25, -0.2) is 0 Å². The van der Waals surface area contributed by atoms with E-state index in [-0.39, 0.29) is 5.91 Å². The van der Waals surface area contributed by atoms with Gasteiger partial charge in [-0.2, -0.15) is 0 Å². The first-order valence-corrected chi connectivity index (χ1v) is 7.69. The van der Waals surface area contributed by atoms with Crippen LogP contribution in [0.5, 0.6) is 0 Å². The van der Waals surface area contributed by atoms with Gasteiger partial charge in [-0.3, -0.25) is 4.79 Å². The van der Waals surface area contributed by atoms with E-state index in [1.807, 2.05) is 13.0 Å². The van der Waals surface area contributed by atoms with E-state index in [9.17, 15) is 4.79 Å². The van der Waals surface area contributed by atoms with Crippen LogP contribution in [0.15, 0.2) is 18.2 Å². The first kappa shape index (κ1) is 14.9. The lowest BCUT2D eigenvalue weighted by Gasteiger charge is -2.19. The molecule has 2 rings (SSSR count). The molecule has 0 aliphatic heterocycles. The van der Waals surface area contributed by atoms with Crippen molar-refractivity contribution in [2.24, 2.45) is 5.92 Å². The van der Waals surface area contributed by atoms with Crippen LogP contribution in [-0.2, 0) is 4.79 Å². The summed E-state index contributed by atoms with van der Waals surface area (Å²) in [6.07, 6.45) is 6.52. The van der Waals surface area contributed by atoms with Crippen molar-refractivity contribution in [1.29, 1.82) is 0 Å². The highest BCUT2D eigenvalue weighted by Crippen LogP contribution is 2.26. The summed E-state index contributed by atoms with van der Waals surface area (Å²) >= 11 is 0. The first-order chi connectivity index (χ1) is 9.54. The fourth-order valence-electron chi connectivity index (χ4n) is 2.95. The van der Waals surface area contributed by atoms with Gasteiger partial charge in [-0.05, 0) is 55.9 Å². The lowest BCUT2D eigenvalue weighted by molar-refractivity contribution is -0.114. The van der Waals surface area contributed by atoms with Crippen molar-refractivity contribution in [1.82, 2.24) is 0 Å². The number of carbonyl (C=O) groups excluding carboxylic acids is 1. The molecule has 2 unspecified atom stereocenters. The van der Waals surface area contributed by atoms with Crippen LogP contribution in [-0.4, -0.2) is 11.9 Å². The van der Waals surface area contributed by atoms with Crippen LogP contribution in [0.4, 0.5) is 11.4 Å². The second-order valence-corrected chi connectivity index (χ2v) is 6.17. The van der Waals surface area contributed by atoms with E-state index in [2.05, 4.69) is 29.7 Å². The van der Waals surface area contributed by atoms with Crippen LogP contribution in [0.3, 0.4) is 0 Å². The minimum Gasteiger partial charge on any atom is -0.382 e. The molecule has 0 saturated heterocycles. The largest absolute Gasteiger partial charge is 0.382 e. The normalized spacial score (nSPS) is 22.9. The Kier molecular flexibility index (Phi) is 5.05. The Labute approximate surface area is 122 Å². The van der Waals surface area contributed by atoms with Crippen LogP contribution >= 0.6 is 0 Å². The van der Waals surface area contributed by atoms with Crippen molar-refractivity contribution >= 4 is 17.3 Å². The van der Waals surface area contributed by atoms with Gasteiger partial charge in [0, 0.05) is 24.3 Å². The number of anilines is 2. The number of hydrogen-bond donors (Lipinski definition) is 2. The Balaban J connectivity index is 1.99. The molecule has 0 heterocycles. The Morgan fingerprint density at radius 3 is 2.70 bits per heavy atom. The van der Waals surface area contributed by atoms with Gasteiger partial charge >= 0.3 is 0 Å². The summed E-state index contributed by atoms with van der Waals surface area (Å²) in [5.74, 6) is 0.845. The fraction of sp³-hybridized carbons (Fsp3) is 0.588. The molecule has 3 heteroatoms. The molecule has 20 heavy (non-hydrogen) atoms. The third kappa shape index (κ3) is 4.26. The number of benzene rings is 1. The zero-order chi connectivity index (χ0) is 14.5. The minimum atomic E-state index is -0.0217. The molecule has 1 saturated carbocycles. The molecule has 0 aromatic heterocycles. The predicted octanol–water partition coefficient (Wildman–Crippen LogP) is 4.33. The molecular weight excluding hydrogens is 248 g/mol. The number of aryl methyl sites for hydroxylation is 1. The summed E-state index contributed by atoms with van der Waals surface area (Å²) in [5, 5.41) is 6.50. The Bertz CT molecular complexity index is 470. The van der Waals surface area contributed by atoms with Crippen molar-refractivity contribution < 1.29 is 4.79 Å². The summed E-state index contributed by atoms with van der Waals surface area (Å²) in [4.78, 5) is 11.1. The van der Waals surface area contributed by atoms with Crippen LogP contribution in [0.2, 0.25) is 0 Å². The summed E-state index contributed by atoms with van der Waals surface area (Å²) < 4.78 is 0. The van der Waals surface area contributed by atoms with Crippen molar-refractivity contribution in [2.45, 2.75) is 58.9 Å². The highest BCUT2D eigenvalue weighted by atomic mass is 16.1. The summed E-state index contributed by atoms with van der Waals surface area (Å²) in [6.45, 7) is 5.93. The maximum atomic E-state index is 11.1. The molecule has 1 amide bonds. The average Bonchev–Trinajstić information content (AvgIpc) is 2.58. The highest BCUT2D eigenvalue weighted by Gasteiger charge is 2.16. The number of nitrogens with one attached hydrogen (secondary N) is 2. The Morgan fingerprint density at radius 1 is 1.20 bits per heavy atom. The van der Waals surface area contributed by atoms with Crippen molar-refractivity contribution in [3.8, 4) is 0 Å². The molecule has 110 valence electrons. The van der Waals surface area contributed by atoms with E-state index >= 15 is 0 Å². The van der Waals surface area contributed by atoms with Gasteiger partial charge < -0.3 is 10.6 Å². The predicted molar refractivity (Wildman–Crippen MR) is 85.1 cm³/mol. The van der Waals surface area contributed by atoms with E-state index in [0.717, 1.165) is 22.9 Å². The van der Waals surface area contributed by atoms with Crippen LogP contribution in [0.1, 0.15) is 51.5 Å². The van der Waals surface area contributed by atoms with E-state index in [0.29, 0.717) is 6.04 Å². The zero-order valence-corrected chi connectivity index (χ0v) is 12.8. The van der Waals surface area contributed by atoms with Gasteiger partial charge in [0.1, 0.15) is 0 Å². The minimum absolute atomic E-state index is 0.0217. The highest BCUT2D eigenvalue weighted by molar-refractivity contribution is 5.89. The molecule has 0 spiro atoms. The standard InChI is InChI=1S/C17H26N2O/c1-12-5-4-6-15(8-7-12)19-16-9-10-17(13(2)11-16)18-14(3)20/h9-12,15,19H,4-8H2,1-3H3,(H,18,20). The smallest absolute Gasteiger partial charge is 0.221 e. The second kappa shape index (κ2) is 6.78. The second-order valence-electron chi connectivity index (χ2n) is 6.17.